The Labute approximate surface area is 183 Å². The number of amides is 1. The maximum Gasteiger partial charge on any atom is 0.283 e. The average molecular weight is 447 g/mol. The Hall–Kier alpha value is -2.70. The number of rotatable bonds is 7. The van der Waals surface area contributed by atoms with Gasteiger partial charge in [0.05, 0.1) is 23.7 Å². The van der Waals surface area contributed by atoms with Crippen LogP contribution in [0.3, 0.4) is 0 Å². The number of aryl methyl sites for hydroxylation is 1. The predicted molar refractivity (Wildman–Crippen MR) is 117 cm³/mol. The van der Waals surface area contributed by atoms with Crippen LogP contribution in [0.5, 0.6) is 0 Å². The van der Waals surface area contributed by atoms with Gasteiger partial charge in [-0.1, -0.05) is 27.7 Å². The Morgan fingerprint density at radius 1 is 1.19 bits per heavy atom. The minimum atomic E-state index is -4.22. The topological polar surface area (TPSA) is 125 Å². The molecule has 0 aliphatic rings. The summed E-state index contributed by atoms with van der Waals surface area (Å²) < 4.78 is 28.8. The van der Waals surface area contributed by atoms with Gasteiger partial charge in [-0.3, -0.25) is 9.48 Å². The van der Waals surface area contributed by atoms with Crippen molar-refractivity contribution in [2.45, 2.75) is 70.4 Å². The van der Waals surface area contributed by atoms with Crippen LogP contribution >= 0.6 is 0 Å². The van der Waals surface area contributed by atoms with E-state index in [4.69, 9.17) is 0 Å². The third kappa shape index (κ3) is 5.51. The Balaban J connectivity index is 2.39. The Morgan fingerprint density at radius 2 is 1.71 bits per heavy atom. The van der Waals surface area contributed by atoms with Crippen molar-refractivity contribution in [2.24, 2.45) is 7.05 Å². The monoisotopic (exact) mass is 446 g/mol. The minimum Gasteiger partial charge on any atom is -0.384 e. The van der Waals surface area contributed by atoms with Crippen LogP contribution in [0, 0.1) is 11.3 Å². The quantitative estimate of drug-likeness (QED) is 0.674. The van der Waals surface area contributed by atoms with Gasteiger partial charge in [-0.2, -0.15) is 18.8 Å². The van der Waals surface area contributed by atoms with Crippen LogP contribution in [-0.4, -0.2) is 29.2 Å². The van der Waals surface area contributed by atoms with Crippen molar-refractivity contribution in [2.75, 3.05) is 0 Å². The van der Waals surface area contributed by atoms with Gasteiger partial charge in [0.15, 0.2) is 5.03 Å². The molecule has 1 aromatic heterocycles. The molecule has 2 aromatic rings. The lowest BCUT2D eigenvalue weighted by Crippen LogP contribution is -2.32. The van der Waals surface area contributed by atoms with Crippen LogP contribution in [0.1, 0.15) is 81.3 Å². The standard InChI is InChI=1S/C22H30N4O4S/c1-13(2)16-8-15(12-23)9-17(14(3)4)18(16)10-20(27)25-31(29,30)21-11-19(22(5,6)28)26(7)24-21/h8-9,11,13-14,28H,10H2,1-7H3,(H,25,27). The third-order valence-electron chi connectivity index (χ3n) is 5.04. The number of nitrogens with one attached hydrogen (secondary N) is 1. The second-order valence-corrected chi connectivity index (χ2v) is 10.4. The molecule has 2 rings (SSSR count). The molecule has 0 unspecified atom stereocenters. The number of nitriles is 1. The van der Waals surface area contributed by atoms with Crippen molar-refractivity contribution in [1.29, 1.82) is 5.26 Å². The molecule has 9 heteroatoms. The van der Waals surface area contributed by atoms with E-state index in [2.05, 4.69) is 15.9 Å². The Kier molecular flexibility index (Phi) is 6.98. The number of benzene rings is 1. The fourth-order valence-electron chi connectivity index (χ4n) is 3.56. The molecule has 1 heterocycles. The Morgan fingerprint density at radius 3 is 2.10 bits per heavy atom. The molecule has 0 saturated carbocycles. The van der Waals surface area contributed by atoms with Crippen LogP contribution in [0.4, 0.5) is 0 Å². The van der Waals surface area contributed by atoms with Crippen LogP contribution in [0.25, 0.3) is 0 Å². The number of sulfonamides is 1. The highest BCUT2D eigenvalue weighted by Gasteiger charge is 2.28. The lowest BCUT2D eigenvalue weighted by Gasteiger charge is -2.20. The summed E-state index contributed by atoms with van der Waals surface area (Å²) >= 11 is 0. The summed E-state index contributed by atoms with van der Waals surface area (Å²) in [6.07, 6.45) is -0.142. The largest absolute Gasteiger partial charge is 0.384 e. The van der Waals surface area contributed by atoms with Gasteiger partial charge in [0.2, 0.25) is 5.91 Å². The molecular weight excluding hydrogens is 416 g/mol. The maximum atomic E-state index is 12.8. The molecule has 1 amide bonds. The van der Waals surface area contributed by atoms with E-state index in [-0.39, 0.29) is 23.3 Å². The maximum absolute atomic E-state index is 12.8. The first kappa shape index (κ1) is 24.6. The first-order valence-corrected chi connectivity index (χ1v) is 11.5. The van der Waals surface area contributed by atoms with Crippen LogP contribution < -0.4 is 4.72 Å². The smallest absolute Gasteiger partial charge is 0.283 e. The van der Waals surface area contributed by atoms with Crippen molar-refractivity contribution in [1.82, 2.24) is 14.5 Å². The molecule has 0 atom stereocenters. The van der Waals surface area contributed by atoms with Crippen LogP contribution in [-0.2, 0) is 33.9 Å². The van der Waals surface area contributed by atoms with Crippen molar-refractivity contribution >= 4 is 15.9 Å². The molecule has 1 aromatic carbocycles. The molecular formula is C22H30N4O4S. The zero-order valence-electron chi connectivity index (χ0n) is 19.0. The van der Waals surface area contributed by atoms with E-state index in [0.717, 1.165) is 16.7 Å². The fraction of sp³-hybridized carbons (Fsp3) is 0.500. The lowest BCUT2D eigenvalue weighted by atomic mass is 9.85. The SMILES string of the molecule is CC(C)c1cc(C#N)cc(C(C)C)c1CC(=O)NS(=O)(=O)c1cc(C(C)(C)O)n(C)n1. The molecule has 31 heavy (non-hydrogen) atoms. The molecule has 0 bridgehead atoms. The highest BCUT2D eigenvalue weighted by Crippen LogP contribution is 2.30. The van der Waals surface area contributed by atoms with Gasteiger partial charge in [0.25, 0.3) is 10.0 Å². The molecule has 0 aliphatic carbocycles. The van der Waals surface area contributed by atoms with Crippen LogP contribution in [0.15, 0.2) is 23.2 Å². The lowest BCUT2D eigenvalue weighted by molar-refractivity contribution is -0.118. The van der Waals surface area contributed by atoms with Crippen molar-refractivity contribution < 1.29 is 18.3 Å². The normalized spacial score (nSPS) is 12.3. The summed E-state index contributed by atoms with van der Waals surface area (Å²) in [6, 6.07) is 6.90. The van der Waals surface area contributed by atoms with Gasteiger partial charge in [0.1, 0.15) is 5.60 Å². The van der Waals surface area contributed by atoms with Gasteiger partial charge < -0.3 is 5.11 Å². The number of aliphatic hydroxyl groups is 1. The second-order valence-electron chi connectivity index (χ2n) is 8.81. The number of hydrogen-bond donors (Lipinski definition) is 2. The minimum absolute atomic E-state index is 0.0512. The molecule has 2 N–H and O–H groups in total. The van der Waals surface area contributed by atoms with E-state index >= 15 is 0 Å². The molecule has 0 radical (unpaired) electrons. The average Bonchev–Trinajstić information content (AvgIpc) is 3.04. The van der Waals surface area contributed by atoms with Crippen molar-refractivity contribution in [3.05, 3.63) is 46.1 Å². The third-order valence-corrected chi connectivity index (χ3v) is 6.28. The van der Waals surface area contributed by atoms with Crippen molar-refractivity contribution in [3.8, 4) is 6.07 Å². The van der Waals surface area contributed by atoms with E-state index in [1.165, 1.54) is 31.6 Å². The summed E-state index contributed by atoms with van der Waals surface area (Å²) in [6.45, 7) is 10.9. The summed E-state index contributed by atoms with van der Waals surface area (Å²) in [7, 11) is -2.69. The summed E-state index contributed by atoms with van der Waals surface area (Å²) in [5, 5.41) is 23.1. The van der Waals surface area contributed by atoms with Gasteiger partial charge in [0, 0.05) is 13.1 Å². The number of nitrogens with zero attached hydrogens (tertiary/aromatic N) is 3. The van der Waals surface area contributed by atoms with E-state index in [0.29, 0.717) is 11.3 Å². The molecule has 0 spiro atoms. The van der Waals surface area contributed by atoms with E-state index in [1.54, 1.807) is 12.1 Å². The van der Waals surface area contributed by atoms with Gasteiger partial charge in [-0.25, -0.2) is 4.72 Å². The molecule has 8 nitrogen and oxygen atoms in total. The summed E-state index contributed by atoms with van der Waals surface area (Å²) in [4.78, 5) is 12.8. The first-order valence-electron chi connectivity index (χ1n) is 10.1. The second kappa shape index (κ2) is 8.81. The number of aromatic nitrogens is 2. The van der Waals surface area contributed by atoms with Crippen molar-refractivity contribution in [3.63, 3.8) is 0 Å². The number of carbonyl (C=O) groups excluding carboxylic acids is 1. The predicted octanol–water partition coefficient (Wildman–Crippen LogP) is 2.81. The molecule has 0 fully saturated rings. The summed E-state index contributed by atoms with van der Waals surface area (Å²) in [5.74, 6) is -0.588. The van der Waals surface area contributed by atoms with Crippen LogP contribution in [0.2, 0.25) is 0 Å². The van der Waals surface area contributed by atoms with Gasteiger partial charge in [-0.05, 0) is 54.5 Å². The summed E-state index contributed by atoms with van der Waals surface area (Å²) in [5.41, 5.74) is 1.94. The molecule has 0 aliphatic heterocycles. The number of hydrogen-bond acceptors (Lipinski definition) is 6. The zero-order valence-corrected chi connectivity index (χ0v) is 19.8. The zero-order chi connectivity index (χ0) is 23.7. The van der Waals surface area contributed by atoms with E-state index in [9.17, 15) is 23.6 Å². The van der Waals surface area contributed by atoms with E-state index < -0.39 is 21.5 Å². The van der Waals surface area contributed by atoms with E-state index in [1.807, 2.05) is 27.7 Å². The number of carbonyl (C=O) groups is 1. The van der Waals surface area contributed by atoms with Gasteiger partial charge >= 0.3 is 0 Å². The highest BCUT2D eigenvalue weighted by atomic mass is 32.2. The highest BCUT2D eigenvalue weighted by molar-refractivity contribution is 7.90. The fourth-order valence-corrected chi connectivity index (χ4v) is 4.53. The van der Waals surface area contributed by atoms with Gasteiger partial charge in [-0.15, -0.1) is 0 Å². The first-order chi connectivity index (χ1) is 14.2. The molecule has 168 valence electrons. The molecule has 0 saturated heterocycles. The Bertz CT molecular complexity index is 1100.